The molecule has 2 unspecified atom stereocenters. The van der Waals surface area contributed by atoms with Crippen molar-refractivity contribution in [2.24, 2.45) is 7.05 Å². The molecule has 0 radical (unpaired) electrons. The van der Waals surface area contributed by atoms with E-state index < -0.39 is 0 Å². The largest absolute Gasteiger partial charge is 0.493 e. The third kappa shape index (κ3) is 2.84. The number of rotatable bonds is 3. The monoisotopic (exact) mass is 356 g/mol. The molecule has 3 heterocycles. The van der Waals surface area contributed by atoms with Crippen molar-refractivity contribution in [3.63, 3.8) is 0 Å². The van der Waals surface area contributed by atoms with Gasteiger partial charge in [-0.3, -0.25) is 4.79 Å². The maximum absolute atomic E-state index is 13.3. The first-order valence-electron chi connectivity index (χ1n) is 8.96. The van der Waals surface area contributed by atoms with Crippen LogP contribution in [0.25, 0.3) is 0 Å². The number of amides is 1. The van der Waals surface area contributed by atoms with Gasteiger partial charge in [0.25, 0.3) is 5.91 Å². The molecule has 26 heavy (non-hydrogen) atoms. The van der Waals surface area contributed by atoms with Crippen LogP contribution in [0, 0.1) is 0 Å². The Balaban J connectivity index is 1.68. The van der Waals surface area contributed by atoms with Crippen molar-refractivity contribution < 1.29 is 19.0 Å². The fraction of sp³-hybridized carbons (Fsp3) is 0.450. The molecule has 2 aliphatic rings. The molecule has 1 aromatic heterocycles. The molecule has 1 fully saturated rings. The van der Waals surface area contributed by atoms with Gasteiger partial charge in [-0.05, 0) is 31.2 Å². The molecule has 138 valence electrons. The van der Waals surface area contributed by atoms with Crippen LogP contribution in [0.4, 0.5) is 0 Å². The molecule has 0 spiro atoms. The van der Waals surface area contributed by atoms with E-state index in [0.717, 1.165) is 23.4 Å². The Morgan fingerprint density at radius 3 is 2.92 bits per heavy atom. The number of ether oxygens (including phenoxy) is 3. The lowest BCUT2D eigenvalue weighted by molar-refractivity contribution is -0.00465. The van der Waals surface area contributed by atoms with Crippen LogP contribution >= 0.6 is 0 Å². The Morgan fingerprint density at radius 2 is 2.19 bits per heavy atom. The van der Waals surface area contributed by atoms with E-state index in [4.69, 9.17) is 14.2 Å². The molecule has 2 aliphatic heterocycles. The van der Waals surface area contributed by atoms with E-state index in [0.29, 0.717) is 31.1 Å². The number of carbonyl (C=O) groups excluding carboxylic acids is 1. The summed E-state index contributed by atoms with van der Waals surface area (Å²) in [6.07, 6.45) is 2.88. The number of aromatic nitrogens is 1. The summed E-state index contributed by atoms with van der Waals surface area (Å²) in [5.74, 6) is 1.39. The molecule has 1 saturated heterocycles. The van der Waals surface area contributed by atoms with Gasteiger partial charge in [0, 0.05) is 43.0 Å². The summed E-state index contributed by atoms with van der Waals surface area (Å²) >= 11 is 0. The maximum Gasteiger partial charge on any atom is 0.254 e. The summed E-state index contributed by atoms with van der Waals surface area (Å²) in [7, 11) is 3.60. The van der Waals surface area contributed by atoms with Crippen LogP contribution in [0.3, 0.4) is 0 Å². The van der Waals surface area contributed by atoms with Gasteiger partial charge >= 0.3 is 0 Å². The number of hydrogen-bond donors (Lipinski definition) is 0. The average molecular weight is 356 g/mol. The molecular weight excluding hydrogens is 332 g/mol. The minimum atomic E-state index is -0.0920. The summed E-state index contributed by atoms with van der Waals surface area (Å²) in [5.41, 5.74) is 2.74. The molecule has 2 aromatic rings. The summed E-state index contributed by atoms with van der Waals surface area (Å²) in [6, 6.07) is 7.67. The SMILES string of the molecule is COc1cc(C(=O)N2CCOCC2c2cccn2C)cc2c1OC(C)C2. The Morgan fingerprint density at radius 1 is 1.35 bits per heavy atom. The highest BCUT2D eigenvalue weighted by Crippen LogP contribution is 2.39. The topological polar surface area (TPSA) is 52.9 Å². The van der Waals surface area contributed by atoms with Crippen LogP contribution in [-0.2, 0) is 18.2 Å². The minimum Gasteiger partial charge on any atom is -0.493 e. The van der Waals surface area contributed by atoms with Gasteiger partial charge in [0.2, 0.25) is 0 Å². The minimum absolute atomic E-state index is 0.000142. The quantitative estimate of drug-likeness (QED) is 0.848. The first-order chi connectivity index (χ1) is 12.6. The van der Waals surface area contributed by atoms with Crippen LogP contribution < -0.4 is 9.47 Å². The third-order valence-corrected chi connectivity index (χ3v) is 5.14. The van der Waals surface area contributed by atoms with Gasteiger partial charge in [-0.2, -0.15) is 0 Å². The molecule has 6 heteroatoms. The fourth-order valence-corrected chi connectivity index (χ4v) is 3.85. The normalized spacial score (nSPS) is 22.0. The van der Waals surface area contributed by atoms with Crippen LogP contribution in [0.5, 0.6) is 11.5 Å². The zero-order valence-corrected chi connectivity index (χ0v) is 15.4. The van der Waals surface area contributed by atoms with Gasteiger partial charge in [-0.1, -0.05) is 0 Å². The Kier molecular flexibility index (Phi) is 4.36. The Labute approximate surface area is 153 Å². The summed E-state index contributed by atoms with van der Waals surface area (Å²) in [6.45, 7) is 3.65. The highest BCUT2D eigenvalue weighted by molar-refractivity contribution is 5.95. The lowest BCUT2D eigenvalue weighted by Crippen LogP contribution is -2.44. The fourth-order valence-electron chi connectivity index (χ4n) is 3.85. The highest BCUT2D eigenvalue weighted by Gasteiger charge is 2.32. The lowest BCUT2D eigenvalue weighted by Gasteiger charge is -2.36. The van der Waals surface area contributed by atoms with Gasteiger partial charge in [0.1, 0.15) is 6.10 Å². The predicted molar refractivity (Wildman–Crippen MR) is 96.8 cm³/mol. The van der Waals surface area contributed by atoms with Gasteiger partial charge in [0.05, 0.1) is 26.4 Å². The van der Waals surface area contributed by atoms with E-state index in [1.165, 1.54) is 0 Å². The second-order valence-corrected chi connectivity index (χ2v) is 6.93. The third-order valence-electron chi connectivity index (χ3n) is 5.14. The van der Waals surface area contributed by atoms with E-state index in [-0.39, 0.29) is 18.1 Å². The first-order valence-corrected chi connectivity index (χ1v) is 8.96. The molecule has 1 aromatic carbocycles. The number of aryl methyl sites for hydroxylation is 1. The Hall–Kier alpha value is -2.47. The van der Waals surface area contributed by atoms with Crippen molar-refractivity contribution in [2.45, 2.75) is 25.5 Å². The molecule has 2 atom stereocenters. The molecule has 0 N–H and O–H groups in total. The summed E-state index contributed by atoms with van der Waals surface area (Å²) in [4.78, 5) is 15.2. The van der Waals surface area contributed by atoms with Crippen molar-refractivity contribution in [2.75, 3.05) is 26.9 Å². The van der Waals surface area contributed by atoms with Crippen LogP contribution in [-0.4, -0.2) is 48.3 Å². The zero-order chi connectivity index (χ0) is 18.3. The predicted octanol–water partition coefficient (Wildman–Crippen LogP) is 2.57. The van der Waals surface area contributed by atoms with Crippen LogP contribution in [0.15, 0.2) is 30.5 Å². The van der Waals surface area contributed by atoms with Crippen LogP contribution in [0.1, 0.15) is 34.6 Å². The van der Waals surface area contributed by atoms with Crippen molar-refractivity contribution in [3.05, 3.63) is 47.3 Å². The number of hydrogen-bond acceptors (Lipinski definition) is 4. The van der Waals surface area contributed by atoms with E-state index in [1.54, 1.807) is 13.2 Å². The standard InChI is InChI=1S/C20H24N2O4/c1-13-9-14-10-15(11-18(24-3)19(14)26-13)20(23)22-7-8-25-12-17(22)16-5-4-6-21(16)2/h4-6,10-11,13,17H,7-9,12H2,1-3H3. The molecule has 0 aliphatic carbocycles. The van der Waals surface area contributed by atoms with E-state index in [9.17, 15) is 4.79 Å². The number of morpholine rings is 1. The number of carbonyl (C=O) groups is 1. The average Bonchev–Trinajstić information content (AvgIpc) is 3.24. The summed E-state index contributed by atoms with van der Waals surface area (Å²) in [5, 5.41) is 0. The van der Waals surface area contributed by atoms with Crippen molar-refractivity contribution in [1.82, 2.24) is 9.47 Å². The molecular formula is C20H24N2O4. The first kappa shape index (κ1) is 17.0. The number of benzene rings is 1. The van der Waals surface area contributed by atoms with E-state index >= 15 is 0 Å². The highest BCUT2D eigenvalue weighted by atomic mass is 16.5. The van der Waals surface area contributed by atoms with Gasteiger partial charge < -0.3 is 23.7 Å². The van der Waals surface area contributed by atoms with E-state index in [2.05, 4.69) is 0 Å². The van der Waals surface area contributed by atoms with E-state index in [1.807, 2.05) is 47.8 Å². The number of methoxy groups -OCH3 is 1. The van der Waals surface area contributed by atoms with Gasteiger partial charge in [0.15, 0.2) is 11.5 Å². The van der Waals surface area contributed by atoms with Gasteiger partial charge in [-0.25, -0.2) is 0 Å². The zero-order valence-electron chi connectivity index (χ0n) is 15.4. The smallest absolute Gasteiger partial charge is 0.254 e. The summed E-state index contributed by atoms with van der Waals surface area (Å²) < 4.78 is 19.0. The Bertz CT molecular complexity index is 829. The number of fused-ring (bicyclic) bond motifs is 1. The maximum atomic E-state index is 13.3. The van der Waals surface area contributed by atoms with Crippen molar-refractivity contribution in [1.29, 1.82) is 0 Å². The molecule has 6 nitrogen and oxygen atoms in total. The second kappa shape index (κ2) is 6.68. The molecule has 4 rings (SSSR count). The van der Waals surface area contributed by atoms with Gasteiger partial charge in [-0.15, -0.1) is 0 Å². The second-order valence-electron chi connectivity index (χ2n) is 6.93. The lowest BCUT2D eigenvalue weighted by atomic mass is 10.0. The molecule has 0 bridgehead atoms. The molecule has 0 saturated carbocycles. The van der Waals surface area contributed by atoms with Crippen molar-refractivity contribution >= 4 is 5.91 Å². The molecule has 1 amide bonds. The number of nitrogens with zero attached hydrogens (tertiary/aromatic N) is 2. The van der Waals surface area contributed by atoms with Crippen molar-refractivity contribution in [3.8, 4) is 11.5 Å². The van der Waals surface area contributed by atoms with Crippen LogP contribution in [0.2, 0.25) is 0 Å².